The molecule has 1 saturated carbocycles. The first-order valence-corrected chi connectivity index (χ1v) is 17.8. The third kappa shape index (κ3) is 8.95. The van der Waals surface area contributed by atoms with Gasteiger partial charge in [0.25, 0.3) is 0 Å². The molecule has 0 saturated heterocycles. The van der Waals surface area contributed by atoms with Gasteiger partial charge in [-0.05, 0) is 91.4 Å². The van der Waals surface area contributed by atoms with Gasteiger partial charge in [-0.1, -0.05) is 36.4 Å². The third-order valence-corrected chi connectivity index (χ3v) is 11.6. The molecule has 3 N–H and O–H groups in total. The maximum absolute atomic E-state index is 14.0. The molecule has 0 unspecified atom stereocenters. The number of sulfonamides is 1. The van der Waals surface area contributed by atoms with E-state index in [2.05, 4.69) is 15.4 Å². The first-order valence-electron chi connectivity index (χ1n) is 15.5. The van der Waals surface area contributed by atoms with Crippen molar-refractivity contribution in [2.24, 2.45) is 0 Å². The van der Waals surface area contributed by atoms with Crippen molar-refractivity contribution in [1.29, 1.82) is 0 Å². The van der Waals surface area contributed by atoms with E-state index in [0.29, 0.717) is 11.3 Å². The summed E-state index contributed by atoms with van der Waals surface area (Å²) in [6.45, 7) is 12.5. The van der Waals surface area contributed by atoms with Gasteiger partial charge in [0.2, 0.25) is 10.0 Å². The Morgan fingerprint density at radius 3 is 2.29 bits per heavy atom. The lowest BCUT2D eigenvalue weighted by Gasteiger charge is -2.37. The first-order chi connectivity index (χ1) is 21.1. The molecule has 1 fully saturated rings. The van der Waals surface area contributed by atoms with E-state index in [0.717, 1.165) is 41.1 Å². The molecule has 10 nitrogen and oxygen atoms in total. The van der Waals surface area contributed by atoms with Gasteiger partial charge in [-0.3, -0.25) is 5.32 Å². The highest BCUT2D eigenvalue weighted by Crippen LogP contribution is 2.45. The summed E-state index contributed by atoms with van der Waals surface area (Å²) in [4.78, 5) is 30.4. The molecule has 0 bridgehead atoms. The smallest absolute Gasteiger partial charge is 0.411 e. The predicted molar refractivity (Wildman–Crippen MR) is 177 cm³/mol. The number of alkyl carbamates (subject to hydrolysis) is 2. The van der Waals surface area contributed by atoms with E-state index in [1.807, 2.05) is 44.2 Å². The van der Waals surface area contributed by atoms with Crippen molar-refractivity contribution in [3.63, 3.8) is 0 Å². The van der Waals surface area contributed by atoms with Crippen LogP contribution >= 0.6 is 11.3 Å². The van der Waals surface area contributed by atoms with E-state index in [9.17, 15) is 18.0 Å². The molecule has 2 aromatic rings. The highest BCUT2D eigenvalue weighted by Gasteiger charge is 2.47. The fourth-order valence-electron chi connectivity index (χ4n) is 5.68. The Balaban J connectivity index is 1.53. The Morgan fingerprint density at radius 1 is 1.00 bits per heavy atom. The number of carbonyl (C=O) groups excluding carboxylic acids is 2. The SMILES string of the molecule is CC(C)OC(=O)NC1CCC(c2ncc(C3=CC=C(NC(=O)O[C@@H](C)c4ccccc4)C[C@@]3(C)S(=O)(=O)NC(C)(C)C)s2)CC1. The van der Waals surface area contributed by atoms with E-state index >= 15 is 0 Å². The maximum atomic E-state index is 14.0. The summed E-state index contributed by atoms with van der Waals surface area (Å²) in [5.74, 6) is 0.219. The summed E-state index contributed by atoms with van der Waals surface area (Å²) in [5, 5.41) is 6.68. The number of amides is 2. The topological polar surface area (TPSA) is 136 Å². The summed E-state index contributed by atoms with van der Waals surface area (Å²) in [6, 6.07) is 9.46. The summed E-state index contributed by atoms with van der Waals surface area (Å²) < 4.78 is 40.3. The van der Waals surface area contributed by atoms with Gasteiger partial charge in [0.05, 0.1) is 16.0 Å². The quantitative estimate of drug-likeness (QED) is 0.266. The molecule has 12 heteroatoms. The van der Waals surface area contributed by atoms with E-state index in [1.165, 1.54) is 11.3 Å². The van der Waals surface area contributed by atoms with E-state index < -0.39 is 32.5 Å². The number of rotatable bonds is 9. The van der Waals surface area contributed by atoms with Crippen molar-refractivity contribution in [2.75, 3.05) is 0 Å². The lowest BCUT2D eigenvalue weighted by molar-refractivity contribution is 0.108. The molecule has 0 radical (unpaired) electrons. The number of aromatic nitrogens is 1. The van der Waals surface area contributed by atoms with Gasteiger partial charge in [-0.15, -0.1) is 11.3 Å². The first kappa shape index (κ1) is 34.6. The monoisotopic (exact) mass is 658 g/mol. The molecule has 2 atom stereocenters. The van der Waals surface area contributed by atoms with Gasteiger partial charge in [0.15, 0.2) is 0 Å². The molecule has 1 aromatic carbocycles. The molecule has 45 heavy (non-hydrogen) atoms. The summed E-state index contributed by atoms with van der Waals surface area (Å²) in [5.41, 5.74) is 1.20. The number of allylic oxidation sites excluding steroid dienone is 3. The second-order valence-corrected chi connectivity index (χ2v) is 16.5. The zero-order valence-electron chi connectivity index (χ0n) is 27.2. The van der Waals surface area contributed by atoms with E-state index in [-0.39, 0.29) is 30.6 Å². The van der Waals surface area contributed by atoms with Gasteiger partial charge in [-0.25, -0.2) is 27.7 Å². The summed E-state index contributed by atoms with van der Waals surface area (Å²) in [7, 11) is -3.94. The molecule has 246 valence electrons. The molecule has 2 aliphatic rings. The molecule has 4 rings (SSSR count). The van der Waals surface area contributed by atoms with Crippen LogP contribution in [0.2, 0.25) is 0 Å². The Labute approximate surface area is 271 Å². The maximum Gasteiger partial charge on any atom is 0.411 e. The lowest BCUT2D eigenvalue weighted by atomic mass is 9.86. The van der Waals surface area contributed by atoms with Gasteiger partial charge in [0, 0.05) is 35.8 Å². The van der Waals surface area contributed by atoms with Crippen molar-refractivity contribution >= 4 is 39.1 Å². The van der Waals surface area contributed by atoms with Crippen LogP contribution in [0.3, 0.4) is 0 Å². The second-order valence-electron chi connectivity index (χ2n) is 13.3. The van der Waals surface area contributed by atoms with Crippen LogP contribution in [-0.4, -0.2) is 48.0 Å². The predicted octanol–water partition coefficient (Wildman–Crippen LogP) is 6.94. The largest absolute Gasteiger partial charge is 0.447 e. The second kappa shape index (κ2) is 14.0. The minimum absolute atomic E-state index is 0.0373. The summed E-state index contributed by atoms with van der Waals surface area (Å²) in [6.07, 6.45) is 6.95. The molecule has 1 heterocycles. The van der Waals surface area contributed by atoms with Gasteiger partial charge in [-0.2, -0.15) is 0 Å². The minimum atomic E-state index is -3.94. The normalized spacial score (nSPS) is 23.0. The number of hydrogen-bond acceptors (Lipinski definition) is 8. The van der Waals surface area contributed by atoms with Crippen molar-refractivity contribution < 1.29 is 27.5 Å². The molecule has 0 spiro atoms. The average Bonchev–Trinajstić information content (AvgIpc) is 3.42. The summed E-state index contributed by atoms with van der Waals surface area (Å²) >= 11 is 1.50. The fraction of sp³-hybridized carbons (Fsp3) is 0.545. The Bertz CT molecular complexity index is 1520. The molecular formula is C33H46N4O6S2. The van der Waals surface area contributed by atoms with Crippen molar-refractivity contribution in [2.45, 2.75) is 115 Å². The minimum Gasteiger partial charge on any atom is -0.447 e. The van der Waals surface area contributed by atoms with Crippen LogP contribution in [0.25, 0.3) is 5.57 Å². The third-order valence-electron chi connectivity index (χ3n) is 7.93. The number of benzene rings is 1. The molecule has 2 aliphatic carbocycles. The van der Waals surface area contributed by atoms with Crippen molar-refractivity contribution in [1.82, 2.24) is 20.3 Å². The van der Waals surface area contributed by atoms with Crippen molar-refractivity contribution in [3.8, 4) is 0 Å². The van der Waals surface area contributed by atoms with Crippen LogP contribution < -0.4 is 15.4 Å². The van der Waals surface area contributed by atoms with Gasteiger partial charge < -0.3 is 14.8 Å². The van der Waals surface area contributed by atoms with Crippen LogP contribution in [0.15, 0.2) is 54.4 Å². The molecule has 0 aliphatic heterocycles. The van der Waals surface area contributed by atoms with Crippen LogP contribution in [-0.2, 0) is 19.5 Å². The fourth-order valence-corrected chi connectivity index (χ4v) is 8.83. The van der Waals surface area contributed by atoms with Crippen LogP contribution in [0, 0.1) is 0 Å². The highest BCUT2D eigenvalue weighted by molar-refractivity contribution is 7.91. The Kier molecular flexibility index (Phi) is 10.8. The molecule has 1 aromatic heterocycles. The van der Waals surface area contributed by atoms with Gasteiger partial charge in [0.1, 0.15) is 10.9 Å². The van der Waals surface area contributed by atoms with E-state index in [1.54, 1.807) is 53.0 Å². The molecular weight excluding hydrogens is 613 g/mol. The van der Waals surface area contributed by atoms with Crippen molar-refractivity contribution in [3.05, 3.63) is 69.8 Å². The number of hydrogen-bond donors (Lipinski definition) is 3. The number of nitrogens with zero attached hydrogens (tertiary/aromatic N) is 1. The number of nitrogens with one attached hydrogen (secondary N) is 3. The van der Waals surface area contributed by atoms with Crippen LogP contribution in [0.5, 0.6) is 0 Å². The number of ether oxygens (including phenoxy) is 2. The van der Waals surface area contributed by atoms with E-state index in [4.69, 9.17) is 14.5 Å². The zero-order valence-corrected chi connectivity index (χ0v) is 28.8. The van der Waals surface area contributed by atoms with Crippen LogP contribution in [0.4, 0.5) is 9.59 Å². The zero-order chi connectivity index (χ0) is 33.0. The standard InChI is InChI=1S/C33H46N4O6S2/c1-21(2)42-30(38)35-25-15-13-24(14-16-25)29-34-20-28(44-29)27-18-17-26(19-33(27,7)45(40,41)37-32(4,5)6)36-31(39)43-22(3)23-11-9-8-10-12-23/h8-12,17-18,20-22,24-25,37H,13-16,19H2,1-7H3,(H,35,38)(H,36,39)/t22-,24?,25?,33+/m0/s1. The number of thiazole rings is 1. The average molecular weight is 659 g/mol. The van der Waals surface area contributed by atoms with Gasteiger partial charge >= 0.3 is 12.2 Å². The molecule has 2 amide bonds. The highest BCUT2D eigenvalue weighted by atomic mass is 32.2. The Hall–Kier alpha value is -3.22. The van der Waals surface area contributed by atoms with Crippen LogP contribution in [0.1, 0.15) is 108 Å². The number of carbonyl (C=O) groups is 2. The Morgan fingerprint density at radius 2 is 1.67 bits per heavy atom. The lowest BCUT2D eigenvalue weighted by Crippen LogP contribution is -2.52.